The number of rotatable bonds is 5. The Balaban J connectivity index is 1.45. The Morgan fingerprint density at radius 3 is 2.25 bits per heavy atom. The van der Waals surface area contributed by atoms with Crippen LogP contribution in [-0.2, 0) is 23.2 Å². The fourth-order valence-electron chi connectivity index (χ4n) is 3.69. The van der Waals surface area contributed by atoms with Crippen LogP contribution in [0.3, 0.4) is 0 Å². The minimum atomic E-state index is 0.164. The Hall–Kier alpha value is -2.14. The fourth-order valence-corrected chi connectivity index (χ4v) is 3.69. The number of carbonyl (C=O) groups is 1. The van der Waals surface area contributed by atoms with E-state index in [1.165, 1.54) is 16.7 Å². The molecular formula is C23H33N3O2. The van der Waals surface area contributed by atoms with Crippen molar-refractivity contribution >= 4 is 5.91 Å². The van der Waals surface area contributed by atoms with Crippen molar-refractivity contribution in [1.29, 1.82) is 0 Å². The topological polar surface area (TPSA) is 49.6 Å². The molecule has 0 unspecified atom stereocenters. The third kappa shape index (κ3) is 5.02. The maximum atomic E-state index is 12.6. The van der Waals surface area contributed by atoms with Gasteiger partial charge in [-0.05, 0) is 36.8 Å². The van der Waals surface area contributed by atoms with E-state index in [4.69, 9.17) is 4.52 Å². The smallest absolute Gasteiger partial charge is 0.222 e. The molecule has 1 aliphatic heterocycles. The van der Waals surface area contributed by atoms with Crippen molar-refractivity contribution < 1.29 is 9.32 Å². The monoisotopic (exact) mass is 383 g/mol. The number of benzene rings is 1. The molecule has 3 rings (SSSR count). The summed E-state index contributed by atoms with van der Waals surface area (Å²) >= 11 is 0. The molecule has 1 aliphatic rings. The average Bonchev–Trinajstić information content (AvgIpc) is 2.98. The Kier molecular flexibility index (Phi) is 6.23. The summed E-state index contributed by atoms with van der Waals surface area (Å²) < 4.78 is 5.25. The number of amides is 1. The lowest BCUT2D eigenvalue weighted by Crippen LogP contribution is -2.48. The molecule has 152 valence electrons. The van der Waals surface area contributed by atoms with Crippen LogP contribution in [-0.4, -0.2) is 47.0 Å². The van der Waals surface area contributed by atoms with Gasteiger partial charge in [-0.1, -0.05) is 50.2 Å². The molecule has 2 aromatic rings. The van der Waals surface area contributed by atoms with Crippen molar-refractivity contribution in [3.63, 3.8) is 0 Å². The quantitative estimate of drug-likeness (QED) is 0.787. The minimum Gasteiger partial charge on any atom is -0.361 e. The highest BCUT2D eigenvalue weighted by molar-refractivity contribution is 5.76. The van der Waals surface area contributed by atoms with Gasteiger partial charge >= 0.3 is 0 Å². The average molecular weight is 384 g/mol. The minimum absolute atomic E-state index is 0.164. The largest absolute Gasteiger partial charge is 0.361 e. The van der Waals surface area contributed by atoms with Gasteiger partial charge in [0, 0.05) is 44.7 Å². The molecular weight excluding hydrogens is 350 g/mol. The summed E-state index contributed by atoms with van der Waals surface area (Å²) in [5.41, 5.74) is 4.87. The molecule has 0 radical (unpaired) electrons. The molecule has 0 spiro atoms. The van der Waals surface area contributed by atoms with Gasteiger partial charge in [0.05, 0.1) is 5.69 Å². The van der Waals surface area contributed by atoms with Gasteiger partial charge in [0.15, 0.2) is 0 Å². The summed E-state index contributed by atoms with van der Waals surface area (Å²) in [5, 5.41) is 4.03. The molecule has 28 heavy (non-hydrogen) atoms. The van der Waals surface area contributed by atoms with E-state index < -0.39 is 0 Å². The lowest BCUT2D eigenvalue weighted by atomic mass is 9.86. The van der Waals surface area contributed by atoms with Crippen molar-refractivity contribution in [3.05, 3.63) is 52.4 Å². The van der Waals surface area contributed by atoms with Gasteiger partial charge in [0.1, 0.15) is 5.76 Å². The normalized spacial score (nSPS) is 15.8. The van der Waals surface area contributed by atoms with Crippen molar-refractivity contribution in [2.45, 2.75) is 59.4 Å². The van der Waals surface area contributed by atoms with E-state index in [9.17, 15) is 4.79 Å². The molecule has 1 aromatic carbocycles. The predicted molar refractivity (Wildman–Crippen MR) is 111 cm³/mol. The predicted octanol–water partition coefficient (Wildman–Crippen LogP) is 3.87. The zero-order chi connectivity index (χ0) is 20.3. The maximum absolute atomic E-state index is 12.6. The Bertz CT molecular complexity index is 775. The molecule has 0 atom stereocenters. The standard InChI is InChI=1S/C23H33N3O2/c1-17-21(18(2)28-24-17)16-25-12-14-26(15-13-25)22(27)11-8-19-6-9-20(10-7-19)23(3,4)5/h6-7,9-10H,8,11-16H2,1-5H3. The van der Waals surface area contributed by atoms with Gasteiger partial charge in [-0.25, -0.2) is 0 Å². The van der Waals surface area contributed by atoms with Crippen LogP contribution in [0, 0.1) is 13.8 Å². The molecule has 5 heteroatoms. The zero-order valence-corrected chi connectivity index (χ0v) is 17.9. The number of nitrogens with zero attached hydrogens (tertiary/aromatic N) is 3. The van der Waals surface area contributed by atoms with Crippen LogP contribution in [0.15, 0.2) is 28.8 Å². The highest BCUT2D eigenvalue weighted by Crippen LogP contribution is 2.22. The Morgan fingerprint density at radius 2 is 1.71 bits per heavy atom. The lowest BCUT2D eigenvalue weighted by molar-refractivity contribution is -0.133. The molecule has 0 bridgehead atoms. The number of aromatic nitrogens is 1. The van der Waals surface area contributed by atoms with Crippen LogP contribution in [0.1, 0.15) is 55.3 Å². The van der Waals surface area contributed by atoms with Crippen LogP contribution in [0.25, 0.3) is 0 Å². The molecule has 1 aromatic heterocycles. The summed E-state index contributed by atoms with van der Waals surface area (Å²) in [5.74, 6) is 1.16. The van der Waals surface area contributed by atoms with Gasteiger partial charge < -0.3 is 9.42 Å². The summed E-state index contributed by atoms with van der Waals surface area (Å²) in [6, 6.07) is 8.70. The van der Waals surface area contributed by atoms with Crippen LogP contribution in [0.2, 0.25) is 0 Å². The maximum Gasteiger partial charge on any atom is 0.222 e. The van der Waals surface area contributed by atoms with Crippen LogP contribution in [0.5, 0.6) is 0 Å². The molecule has 1 amide bonds. The molecule has 0 aliphatic carbocycles. The highest BCUT2D eigenvalue weighted by Gasteiger charge is 2.22. The van der Waals surface area contributed by atoms with E-state index in [0.717, 1.165) is 50.6 Å². The van der Waals surface area contributed by atoms with Crippen LogP contribution in [0.4, 0.5) is 0 Å². The summed E-state index contributed by atoms with van der Waals surface area (Å²) in [4.78, 5) is 17.0. The number of aryl methyl sites for hydroxylation is 3. The fraction of sp³-hybridized carbons (Fsp3) is 0.565. The first-order chi connectivity index (χ1) is 13.2. The third-order valence-corrected chi connectivity index (χ3v) is 5.74. The first-order valence-corrected chi connectivity index (χ1v) is 10.3. The van der Waals surface area contributed by atoms with Crippen LogP contribution >= 0.6 is 0 Å². The van der Waals surface area contributed by atoms with Crippen molar-refractivity contribution in [3.8, 4) is 0 Å². The van der Waals surface area contributed by atoms with Gasteiger partial charge in [0.25, 0.3) is 0 Å². The molecule has 0 N–H and O–H groups in total. The van der Waals surface area contributed by atoms with E-state index >= 15 is 0 Å². The summed E-state index contributed by atoms with van der Waals surface area (Å²) in [7, 11) is 0. The van der Waals surface area contributed by atoms with E-state index in [1.54, 1.807) is 0 Å². The summed E-state index contributed by atoms with van der Waals surface area (Å²) in [6.07, 6.45) is 1.39. The second-order valence-electron chi connectivity index (χ2n) is 8.91. The first kappa shape index (κ1) is 20.6. The van der Waals surface area contributed by atoms with E-state index in [-0.39, 0.29) is 11.3 Å². The van der Waals surface area contributed by atoms with Crippen molar-refractivity contribution in [2.24, 2.45) is 0 Å². The first-order valence-electron chi connectivity index (χ1n) is 10.3. The van der Waals surface area contributed by atoms with Gasteiger partial charge in [0.2, 0.25) is 5.91 Å². The lowest BCUT2D eigenvalue weighted by Gasteiger charge is -2.34. The van der Waals surface area contributed by atoms with E-state index in [1.807, 2.05) is 18.7 Å². The highest BCUT2D eigenvalue weighted by atomic mass is 16.5. The Labute approximate surface area is 168 Å². The van der Waals surface area contributed by atoms with Gasteiger partial charge in [-0.15, -0.1) is 0 Å². The second kappa shape index (κ2) is 8.48. The van der Waals surface area contributed by atoms with E-state index in [2.05, 4.69) is 55.1 Å². The number of hydrogen-bond donors (Lipinski definition) is 0. The van der Waals surface area contributed by atoms with E-state index in [0.29, 0.717) is 6.42 Å². The summed E-state index contributed by atoms with van der Waals surface area (Å²) in [6.45, 7) is 14.8. The zero-order valence-electron chi connectivity index (χ0n) is 17.9. The number of piperazine rings is 1. The molecule has 0 saturated carbocycles. The van der Waals surface area contributed by atoms with Gasteiger partial charge in [-0.3, -0.25) is 9.69 Å². The molecule has 1 saturated heterocycles. The second-order valence-corrected chi connectivity index (χ2v) is 8.91. The van der Waals surface area contributed by atoms with Gasteiger partial charge in [-0.2, -0.15) is 0 Å². The third-order valence-electron chi connectivity index (χ3n) is 5.74. The van der Waals surface area contributed by atoms with Crippen molar-refractivity contribution in [1.82, 2.24) is 15.0 Å². The number of carbonyl (C=O) groups excluding carboxylic acids is 1. The van der Waals surface area contributed by atoms with Crippen LogP contribution < -0.4 is 0 Å². The molecule has 2 heterocycles. The SMILES string of the molecule is Cc1noc(C)c1CN1CCN(C(=O)CCc2ccc(C(C)(C)C)cc2)CC1. The molecule has 1 fully saturated rings. The van der Waals surface area contributed by atoms with Crippen molar-refractivity contribution in [2.75, 3.05) is 26.2 Å². The number of hydrogen-bond acceptors (Lipinski definition) is 4. The molecule has 5 nitrogen and oxygen atoms in total. The Morgan fingerprint density at radius 1 is 1.07 bits per heavy atom.